The molecule has 198 valence electrons. The number of imidazole rings is 2. The van der Waals surface area contributed by atoms with Crippen LogP contribution in [0.4, 0.5) is 11.4 Å². The third kappa shape index (κ3) is 3.48. The molecular formula is C24H13Cl2I3N6O4. The molecule has 39 heavy (non-hydrogen) atoms. The van der Waals surface area contributed by atoms with Gasteiger partial charge in [-0.2, -0.15) is 0 Å². The molecule has 0 aliphatic carbocycles. The fraction of sp³-hybridized carbons (Fsp3) is 0.167. The van der Waals surface area contributed by atoms with Crippen LogP contribution in [0.25, 0.3) is 22.1 Å². The van der Waals surface area contributed by atoms with Crippen LogP contribution in [-0.2, 0) is 13.1 Å². The molecule has 0 bridgehead atoms. The van der Waals surface area contributed by atoms with Gasteiger partial charge in [-0.1, -0.05) is 23.2 Å². The second-order valence-corrected chi connectivity index (χ2v) is 12.7. The van der Waals surface area contributed by atoms with Gasteiger partial charge in [-0.25, -0.2) is 19.6 Å². The van der Waals surface area contributed by atoms with E-state index in [-0.39, 0.29) is 32.9 Å². The summed E-state index contributed by atoms with van der Waals surface area (Å²) in [6, 6.07) is 1.77. The van der Waals surface area contributed by atoms with E-state index in [0.29, 0.717) is 66.8 Å². The van der Waals surface area contributed by atoms with Crippen LogP contribution in [0.3, 0.4) is 0 Å². The highest BCUT2D eigenvalue weighted by atomic mass is 127. The van der Waals surface area contributed by atoms with Gasteiger partial charge >= 0.3 is 11.4 Å². The van der Waals surface area contributed by atoms with Crippen molar-refractivity contribution in [1.29, 1.82) is 0 Å². The Kier molecular flexibility index (Phi) is 6.08. The van der Waals surface area contributed by atoms with Crippen LogP contribution in [0, 0.1) is 10.7 Å². The lowest BCUT2D eigenvalue weighted by Crippen LogP contribution is -2.23. The van der Waals surface area contributed by atoms with Crippen molar-refractivity contribution in [3.05, 3.63) is 58.5 Å². The highest BCUT2D eigenvalue weighted by Gasteiger charge is 2.32. The number of rotatable bonds is 2. The lowest BCUT2D eigenvalue weighted by molar-refractivity contribution is 0.449. The number of halogens is 5. The summed E-state index contributed by atoms with van der Waals surface area (Å²) in [7, 11) is 0. The van der Waals surface area contributed by atoms with E-state index in [1.54, 1.807) is 15.2 Å². The molecule has 0 amide bonds. The normalized spacial score (nSPS) is 13.2. The van der Waals surface area contributed by atoms with Crippen molar-refractivity contribution in [3.63, 3.8) is 0 Å². The van der Waals surface area contributed by atoms with Gasteiger partial charge < -0.3 is 19.4 Å². The average Bonchev–Trinajstić information content (AvgIpc) is 3.44. The number of H-pyrrole nitrogens is 2. The Hall–Kier alpha value is -1.83. The van der Waals surface area contributed by atoms with Crippen molar-refractivity contribution >= 4 is 124 Å². The predicted octanol–water partition coefficient (Wildman–Crippen LogP) is 6.25. The Labute approximate surface area is 268 Å². The van der Waals surface area contributed by atoms with Crippen LogP contribution < -0.4 is 31.6 Å². The standard InChI is InChI=1S/C24H13Cl2I3N6O4/c1-3-34-6-5-7-14(10(27)13(6)32-23(34)36)30-15-9(26)21-16(8(25)20(15)38-7)31-18-11(28)17-19(12(29)22(18)39-21)35(4-2)24(37)33-17/h5H,3-4H2,1-2H3,(H,32,36)(H,33,37). The second kappa shape index (κ2) is 9.09. The molecule has 2 aromatic heterocycles. The number of ether oxygens (including phenoxy) is 2. The van der Waals surface area contributed by atoms with Crippen LogP contribution >= 0.6 is 91.0 Å². The largest absolute Gasteiger partial charge is 0.451 e. The first-order valence-electron chi connectivity index (χ1n) is 11.6. The third-order valence-corrected chi connectivity index (χ3v) is 10.5. The maximum Gasteiger partial charge on any atom is 0.326 e. The molecule has 0 radical (unpaired) electrons. The van der Waals surface area contributed by atoms with E-state index >= 15 is 0 Å². The lowest BCUT2D eigenvalue weighted by Gasteiger charge is -2.23. The molecule has 2 aliphatic heterocycles. The molecule has 2 N–H and O–H groups in total. The van der Waals surface area contributed by atoms with Crippen LogP contribution in [0.5, 0.6) is 23.0 Å². The van der Waals surface area contributed by atoms with Gasteiger partial charge in [-0.15, -0.1) is 0 Å². The summed E-state index contributed by atoms with van der Waals surface area (Å²) in [5.74, 6) is 1.42. The van der Waals surface area contributed by atoms with Crippen LogP contribution in [0.15, 0.2) is 25.6 Å². The van der Waals surface area contributed by atoms with Gasteiger partial charge in [0.1, 0.15) is 32.1 Å². The zero-order valence-corrected chi connectivity index (χ0v) is 27.8. The molecule has 0 saturated heterocycles. The van der Waals surface area contributed by atoms with Crippen molar-refractivity contribution in [2.45, 2.75) is 26.9 Å². The average molecular weight is 901 g/mol. The van der Waals surface area contributed by atoms with Gasteiger partial charge in [0.25, 0.3) is 0 Å². The Morgan fingerprint density at radius 1 is 0.795 bits per heavy atom. The molecule has 0 unspecified atom stereocenters. The quantitative estimate of drug-likeness (QED) is 0.200. The minimum absolute atomic E-state index is 0.187. The minimum atomic E-state index is -0.212. The molecule has 3 aromatic carbocycles. The topological polar surface area (TPSA) is 119 Å². The Bertz CT molecular complexity index is 2220. The van der Waals surface area contributed by atoms with Gasteiger partial charge in [0.15, 0.2) is 23.0 Å². The predicted molar refractivity (Wildman–Crippen MR) is 173 cm³/mol. The van der Waals surface area contributed by atoms with E-state index in [1.807, 2.05) is 13.8 Å². The summed E-state index contributed by atoms with van der Waals surface area (Å²) in [5, 5.41) is 0.985. The molecule has 7 rings (SSSR count). The van der Waals surface area contributed by atoms with E-state index in [9.17, 15) is 9.59 Å². The number of nitrogens with one attached hydrogen (secondary N) is 2. The van der Waals surface area contributed by atoms with Gasteiger partial charge in [0.2, 0.25) is 0 Å². The van der Waals surface area contributed by atoms with E-state index in [1.165, 1.54) is 0 Å². The van der Waals surface area contributed by atoms with Crippen LogP contribution in [-0.4, -0.2) is 19.1 Å². The second-order valence-electron chi connectivity index (χ2n) is 8.72. The summed E-state index contributed by atoms with van der Waals surface area (Å²) in [6.45, 7) is 4.79. The van der Waals surface area contributed by atoms with Crippen molar-refractivity contribution < 1.29 is 9.47 Å². The van der Waals surface area contributed by atoms with Crippen molar-refractivity contribution in [3.8, 4) is 23.0 Å². The van der Waals surface area contributed by atoms with Crippen molar-refractivity contribution in [1.82, 2.24) is 19.1 Å². The van der Waals surface area contributed by atoms with Gasteiger partial charge in [0, 0.05) is 19.2 Å². The fourth-order valence-electron chi connectivity index (χ4n) is 4.94. The monoisotopic (exact) mass is 900 g/mol. The molecule has 10 nitrogen and oxygen atoms in total. The smallest absolute Gasteiger partial charge is 0.326 e. The number of aryl methyl sites for hydroxylation is 2. The van der Waals surface area contributed by atoms with Gasteiger partial charge in [-0.3, -0.25) is 9.13 Å². The van der Waals surface area contributed by atoms with E-state index in [4.69, 9.17) is 42.7 Å². The molecule has 0 spiro atoms. The Balaban J connectivity index is 1.52. The number of hydrogen-bond acceptors (Lipinski definition) is 6. The molecule has 0 saturated carbocycles. The molecule has 0 fully saturated rings. The first-order chi connectivity index (χ1) is 18.7. The molecule has 2 aliphatic rings. The van der Waals surface area contributed by atoms with Crippen LogP contribution in [0.2, 0.25) is 10.0 Å². The summed E-state index contributed by atoms with van der Waals surface area (Å²) < 4.78 is 18.1. The molecule has 5 aromatic rings. The summed E-state index contributed by atoms with van der Waals surface area (Å²) in [4.78, 5) is 40.5. The van der Waals surface area contributed by atoms with E-state index in [0.717, 1.165) is 12.7 Å². The Morgan fingerprint density at radius 2 is 1.36 bits per heavy atom. The van der Waals surface area contributed by atoms with E-state index in [2.05, 4.69) is 77.7 Å². The van der Waals surface area contributed by atoms with Crippen molar-refractivity contribution in [2.24, 2.45) is 9.98 Å². The Morgan fingerprint density at radius 3 is 2.03 bits per heavy atom. The minimum Gasteiger partial charge on any atom is -0.451 e. The number of nitrogens with zero attached hydrogens (tertiary/aromatic N) is 4. The molecule has 0 atom stereocenters. The third-order valence-electron chi connectivity index (χ3n) is 6.73. The zero-order chi connectivity index (χ0) is 27.5. The number of hydrogen-bond donors (Lipinski definition) is 2. The summed E-state index contributed by atoms with van der Waals surface area (Å²) in [5.41, 5.74) is 3.41. The number of benzene rings is 3. The molecular weight excluding hydrogens is 888 g/mol. The van der Waals surface area contributed by atoms with Gasteiger partial charge in [0.05, 0.1) is 32.8 Å². The number of aromatic nitrogens is 4. The first-order valence-corrected chi connectivity index (χ1v) is 15.6. The lowest BCUT2D eigenvalue weighted by atomic mass is 10.2. The zero-order valence-electron chi connectivity index (χ0n) is 19.8. The first kappa shape index (κ1) is 26.1. The summed E-state index contributed by atoms with van der Waals surface area (Å²) in [6.07, 6.45) is 0. The maximum atomic E-state index is 12.6. The maximum absolute atomic E-state index is 12.6. The fourth-order valence-corrected chi connectivity index (χ4v) is 7.93. The van der Waals surface area contributed by atoms with Crippen LogP contribution in [0.1, 0.15) is 13.8 Å². The number of fused-ring (bicyclic) bond motifs is 6. The SMILES string of the molecule is CCn1c(=O)[nH]c2c(I)c3c(cc21)Oc1c(Cl)c2c(c(Cl)c1=N3)Oc1c(c(I)c3[nH]c(=O)n(CC)c3c1I)N=2. The van der Waals surface area contributed by atoms with E-state index < -0.39 is 0 Å². The van der Waals surface area contributed by atoms with Crippen molar-refractivity contribution in [2.75, 3.05) is 0 Å². The highest BCUT2D eigenvalue weighted by Crippen LogP contribution is 2.49. The highest BCUT2D eigenvalue weighted by molar-refractivity contribution is 14.1. The number of aromatic amines is 2. The molecule has 15 heteroatoms. The van der Waals surface area contributed by atoms with Gasteiger partial charge in [-0.05, 0) is 81.6 Å². The summed E-state index contributed by atoms with van der Waals surface area (Å²) >= 11 is 20.2. The molecule has 4 heterocycles.